The van der Waals surface area contributed by atoms with Crippen molar-refractivity contribution in [3.63, 3.8) is 0 Å². The van der Waals surface area contributed by atoms with Crippen LogP contribution in [0.1, 0.15) is 11.1 Å². The summed E-state index contributed by atoms with van der Waals surface area (Å²) in [6, 6.07) is 14.8. The van der Waals surface area contributed by atoms with Crippen LogP contribution in [0.4, 0.5) is 0 Å². The van der Waals surface area contributed by atoms with E-state index in [1.54, 1.807) is 12.1 Å². The van der Waals surface area contributed by atoms with Crippen LogP contribution in [0.15, 0.2) is 58.8 Å². The summed E-state index contributed by atoms with van der Waals surface area (Å²) in [5, 5.41) is 0. The fourth-order valence-corrected chi connectivity index (χ4v) is 3.40. The first-order valence-corrected chi connectivity index (χ1v) is 8.09. The summed E-state index contributed by atoms with van der Waals surface area (Å²) >= 11 is 3.38. The van der Waals surface area contributed by atoms with Crippen LogP contribution in [0.2, 0.25) is 0 Å². The van der Waals surface area contributed by atoms with Crippen LogP contribution in [0.5, 0.6) is 5.75 Å². The van der Waals surface area contributed by atoms with Gasteiger partial charge in [0.25, 0.3) is 0 Å². The van der Waals surface area contributed by atoms with Gasteiger partial charge in [-0.3, -0.25) is 0 Å². The average Bonchev–Trinajstić information content (AvgIpc) is 2.37. The second-order valence-electron chi connectivity index (χ2n) is 4.20. The van der Waals surface area contributed by atoms with Gasteiger partial charge in [0, 0.05) is 21.4 Å². The van der Waals surface area contributed by atoms with Gasteiger partial charge in [0.1, 0.15) is 5.75 Å². The highest BCUT2D eigenvalue weighted by atomic mass is 79.9. The quantitative estimate of drug-likeness (QED) is 0.784. The summed E-state index contributed by atoms with van der Waals surface area (Å²) in [6.45, 7) is 0. The van der Waals surface area contributed by atoms with Crippen LogP contribution < -0.4 is 4.52 Å². The molecule has 3 rings (SSSR count). The molecule has 1 aliphatic rings. The van der Waals surface area contributed by atoms with E-state index in [1.807, 2.05) is 36.4 Å². The zero-order valence-electron chi connectivity index (χ0n) is 9.79. The number of hydrogen-bond acceptors (Lipinski definition) is 2. The minimum atomic E-state index is -3.73. The molecule has 3 nitrogen and oxygen atoms in total. The maximum atomic E-state index is 11.9. The summed E-state index contributed by atoms with van der Waals surface area (Å²) in [5.74, 6) is 1.74. The Balaban J connectivity index is 2.20. The third kappa shape index (κ3) is 2.52. The van der Waals surface area contributed by atoms with Crippen molar-refractivity contribution in [2.45, 2.75) is 0 Å². The van der Waals surface area contributed by atoms with E-state index < -0.39 is 7.60 Å². The molecule has 2 aromatic rings. The lowest BCUT2D eigenvalue weighted by Crippen LogP contribution is -2.01. The van der Waals surface area contributed by atoms with E-state index in [1.165, 1.54) is 5.82 Å². The third-order valence-corrected chi connectivity index (χ3v) is 4.43. The van der Waals surface area contributed by atoms with E-state index in [-0.39, 0.29) is 0 Å². The second-order valence-corrected chi connectivity index (χ2v) is 6.69. The van der Waals surface area contributed by atoms with Gasteiger partial charge in [-0.15, -0.1) is 0 Å². The Morgan fingerprint density at radius 2 is 1.74 bits per heavy atom. The number of hydrogen-bond donors (Lipinski definition) is 1. The van der Waals surface area contributed by atoms with E-state index in [2.05, 4.69) is 15.9 Å². The first kappa shape index (κ1) is 12.7. The molecule has 0 fully saturated rings. The van der Waals surface area contributed by atoms with E-state index >= 15 is 0 Å². The Bertz CT molecular complexity index is 707. The average molecular weight is 337 g/mol. The molecule has 1 aliphatic heterocycles. The summed E-state index contributed by atoms with van der Waals surface area (Å²) in [6.07, 6.45) is 0. The fraction of sp³-hybridized carbons (Fsp3) is 0. The molecule has 0 bridgehead atoms. The number of para-hydroxylation sites is 1. The molecule has 0 spiro atoms. The molecule has 5 heteroatoms. The van der Waals surface area contributed by atoms with Crippen molar-refractivity contribution < 1.29 is 14.0 Å². The first-order valence-electron chi connectivity index (χ1n) is 5.65. The van der Waals surface area contributed by atoms with Gasteiger partial charge in [-0.25, -0.2) is 4.57 Å². The zero-order chi connectivity index (χ0) is 13.5. The van der Waals surface area contributed by atoms with Gasteiger partial charge in [-0.1, -0.05) is 46.3 Å². The lowest BCUT2D eigenvalue weighted by molar-refractivity contribution is 0.390. The Hall–Kier alpha value is -1.35. The molecule has 96 valence electrons. The van der Waals surface area contributed by atoms with E-state index in [0.29, 0.717) is 5.75 Å². The van der Waals surface area contributed by atoms with Crippen molar-refractivity contribution >= 4 is 29.1 Å². The highest BCUT2D eigenvalue weighted by molar-refractivity contribution is 9.10. The van der Waals surface area contributed by atoms with Crippen molar-refractivity contribution in [3.8, 4) is 5.75 Å². The SMILES string of the molecule is O=P1(O)C=C(c2ccc(Br)cc2)c2ccccc2O1. The lowest BCUT2D eigenvalue weighted by atomic mass is 9.99. The summed E-state index contributed by atoms with van der Waals surface area (Å²) in [7, 11) is -3.73. The van der Waals surface area contributed by atoms with E-state index in [4.69, 9.17) is 4.52 Å². The molecule has 1 heterocycles. The number of rotatable bonds is 1. The molecule has 0 saturated heterocycles. The molecule has 0 amide bonds. The molecule has 1 N–H and O–H groups in total. The van der Waals surface area contributed by atoms with Crippen LogP contribution >= 0.6 is 23.5 Å². The van der Waals surface area contributed by atoms with E-state index in [0.717, 1.165) is 21.2 Å². The molecule has 1 unspecified atom stereocenters. The van der Waals surface area contributed by atoms with Crippen LogP contribution in [0, 0.1) is 0 Å². The maximum Gasteiger partial charge on any atom is 0.401 e. The molecule has 19 heavy (non-hydrogen) atoms. The normalized spacial score (nSPS) is 21.3. The highest BCUT2D eigenvalue weighted by Gasteiger charge is 2.28. The predicted octanol–water partition coefficient (Wildman–Crippen LogP) is 4.42. The van der Waals surface area contributed by atoms with Crippen molar-refractivity contribution in [2.24, 2.45) is 0 Å². The Kier molecular flexibility index (Phi) is 3.09. The Morgan fingerprint density at radius 3 is 2.47 bits per heavy atom. The zero-order valence-corrected chi connectivity index (χ0v) is 12.3. The van der Waals surface area contributed by atoms with Gasteiger partial charge in [0.2, 0.25) is 0 Å². The summed E-state index contributed by atoms with van der Waals surface area (Å²) in [4.78, 5) is 9.76. The van der Waals surface area contributed by atoms with Crippen LogP contribution in [-0.2, 0) is 4.57 Å². The van der Waals surface area contributed by atoms with Crippen molar-refractivity contribution in [3.05, 3.63) is 69.9 Å². The second kappa shape index (κ2) is 4.64. The standard InChI is InChI=1S/C14H10BrO3P/c15-11-7-5-10(6-8-11)13-9-19(16,17)18-14-4-2-1-3-12(13)14/h1-9H,(H,16,17). The largest absolute Gasteiger partial charge is 0.421 e. The Labute approximate surface area is 119 Å². The molecular weight excluding hydrogens is 327 g/mol. The minimum Gasteiger partial charge on any atom is -0.421 e. The predicted molar refractivity (Wildman–Crippen MR) is 78.1 cm³/mol. The number of halogens is 1. The summed E-state index contributed by atoms with van der Waals surface area (Å²) in [5.41, 5.74) is 2.43. The Morgan fingerprint density at radius 1 is 1.05 bits per heavy atom. The van der Waals surface area contributed by atoms with Crippen LogP contribution in [0.3, 0.4) is 0 Å². The van der Waals surface area contributed by atoms with Gasteiger partial charge >= 0.3 is 7.60 Å². The van der Waals surface area contributed by atoms with Crippen molar-refractivity contribution in [1.82, 2.24) is 0 Å². The number of benzene rings is 2. The molecule has 0 radical (unpaired) electrons. The van der Waals surface area contributed by atoms with Crippen molar-refractivity contribution in [1.29, 1.82) is 0 Å². The highest BCUT2D eigenvalue weighted by Crippen LogP contribution is 2.53. The van der Waals surface area contributed by atoms with Crippen LogP contribution in [-0.4, -0.2) is 4.89 Å². The minimum absolute atomic E-state index is 0.439. The first-order chi connectivity index (χ1) is 9.05. The molecule has 0 aromatic heterocycles. The topological polar surface area (TPSA) is 46.5 Å². The lowest BCUT2D eigenvalue weighted by Gasteiger charge is -2.21. The van der Waals surface area contributed by atoms with E-state index in [9.17, 15) is 9.46 Å². The van der Waals surface area contributed by atoms with Gasteiger partial charge in [-0.2, -0.15) is 0 Å². The van der Waals surface area contributed by atoms with Gasteiger partial charge < -0.3 is 9.42 Å². The van der Waals surface area contributed by atoms with Crippen molar-refractivity contribution in [2.75, 3.05) is 0 Å². The van der Waals surface area contributed by atoms with Gasteiger partial charge in [0.05, 0.1) is 0 Å². The van der Waals surface area contributed by atoms with Gasteiger partial charge in [-0.05, 0) is 23.8 Å². The monoisotopic (exact) mass is 336 g/mol. The fourth-order valence-electron chi connectivity index (χ4n) is 2.03. The maximum absolute atomic E-state index is 11.9. The smallest absolute Gasteiger partial charge is 0.401 e. The molecular formula is C14H10BrO3P. The van der Waals surface area contributed by atoms with Gasteiger partial charge in [0.15, 0.2) is 0 Å². The summed E-state index contributed by atoms with van der Waals surface area (Å²) < 4.78 is 18.0. The molecule has 1 atom stereocenters. The van der Waals surface area contributed by atoms with Crippen LogP contribution in [0.25, 0.3) is 5.57 Å². The third-order valence-electron chi connectivity index (χ3n) is 2.85. The number of fused-ring (bicyclic) bond motifs is 1. The molecule has 0 saturated carbocycles. The molecule has 2 aromatic carbocycles. The molecule has 0 aliphatic carbocycles.